The van der Waals surface area contributed by atoms with Gasteiger partial charge in [-0.3, -0.25) is 0 Å². The van der Waals surface area contributed by atoms with Gasteiger partial charge in [0.25, 0.3) is 0 Å². The second-order valence-electron chi connectivity index (χ2n) is 3.29. The molecular weight excluding hydrogens is 122 g/mol. The Balaban J connectivity index is 1.80. The van der Waals surface area contributed by atoms with Crippen molar-refractivity contribution in [3.63, 3.8) is 0 Å². The van der Waals surface area contributed by atoms with E-state index in [2.05, 4.69) is 18.8 Å². The van der Waals surface area contributed by atoms with Gasteiger partial charge in [-0.1, -0.05) is 5.57 Å². The lowest BCUT2D eigenvalue weighted by Gasteiger charge is -2.00. The maximum atomic E-state index is 3.86. The van der Waals surface area contributed by atoms with Gasteiger partial charge in [-0.15, -0.1) is 6.58 Å². The lowest BCUT2D eigenvalue weighted by Crippen LogP contribution is -2.17. The van der Waals surface area contributed by atoms with Crippen LogP contribution in [0.1, 0.15) is 32.6 Å². The second-order valence-corrected chi connectivity index (χ2v) is 3.29. The first-order valence-electron chi connectivity index (χ1n) is 4.17. The van der Waals surface area contributed by atoms with Gasteiger partial charge in [0.2, 0.25) is 0 Å². The quantitative estimate of drug-likeness (QED) is 0.454. The van der Waals surface area contributed by atoms with E-state index >= 15 is 0 Å². The molecule has 0 unspecified atom stereocenters. The minimum absolute atomic E-state index is 0.866. The van der Waals surface area contributed by atoms with E-state index in [9.17, 15) is 0 Å². The molecule has 0 aliphatic heterocycles. The van der Waals surface area contributed by atoms with Gasteiger partial charge in [-0.05, 0) is 39.2 Å². The molecule has 0 bridgehead atoms. The van der Waals surface area contributed by atoms with Crippen LogP contribution >= 0.6 is 0 Å². The zero-order valence-electron chi connectivity index (χ0n) is 6.82. The van der Waals surface area contributed by atoms with Gasteiger partial charge in [-0.2, -0.15) is 0 Å². The molecule has 0 heterocycles. The van der Waals surface area contributed by atoms with E-state index in [4.69, 9.17) is 0 Å². The molecule has 0 aromatic rings. The molecule has 0 aromatic heterocycles. The molecule has 1 aliphatic rings. The number of nitrogens with one attached hydrogen (secondary N) is 1. The average molecular weight is 139 g/mol. The Bertz CT molecular complexity index is 114. The average Bonchev–Trinajstić information content (AvgIpc) is 2.62. The van der Waals surface area contributed by atoms with E-state index in [1.54, 1.807) is 0 Å². The molecule has 0 radical (unpaired) electrons. The van der Waals surface area contributed by atoms with Gasteiger partial charge in [0, 0.05) is 6.04 Å². The maximum absolute atomic E-state index is 3.86. The van der Waals surface area contributed by atoms with Crippen LogP contribution in [0.15, 0.2) is 12.2 Å². The fraction of sp³-hybridized carbons (Fsp3) is 0.778. The third-order valence-corrected chi connectivity index (χ3v) is 1.79. The van der Waals surface area contributed by atoms with Gasteiger partial charge in [0.1, 0.15) is 0 Å². The van der Waals surface area contributed by atoms with Gasteiger partial charge in [-0.25, -0.2) is 0 Å². The van der Waals surface area contributed by atoms with Crippen LogP contribution in [0.2, 0.25) is 0 Å². The van der Waals surface area contributed by atoms with Crippen molar-refractivity contribution >= 4 is 0 Å². The normalized spacial score (nSPS) is 17.3. The highest BCUT2D eigenvalue weighted by molar-refractivity contribution is 4.88. The maximum Gasteiger partial charge on any atom is 0.00682 e. The van der Waals surface area contributed by atoms with E-state index in [0.717, 1.165) is 6.04 Å². The fourth-order valence-electron chi connectivity index (χ4n) is 0.984. The highest BCUT2D eigenvalue weighted by atomic mass is 14.9. The van der Waals surface area contributed by atoms with Crippen molar-refractivity contribution < 1.29 is 0 Å². The predicted molar refractivity (Wildman–Crippen MR) is 45.1 cm³/mol. The Morgan fingerprint density at radius 2 is 2.30 bits per heavy atom. The Hall–Kier alpha value is -0.300. The molecule has 0 aromatic carbocycles. The lowest BCUT2D eigenvalue weighted by atomic mass is 10.2. The molecular formula is C9H17N. The van der Waals surface area contributed by atoms with Crippen molar-refractivity contribution in [2.75, 3.05) is 6.54 Å². The van der Waals surface area contributed by atoms with E-state index in [1.165, 1.54) is 37.8 Å². The molecule has 1 rings (SSSR count). The van der Waals surface area contributed by atoms with Crippen molar-refractivity contribution in [1.29, 1.82) is 0 Å². The monoisotopic (exact) mass is 139 g/mol. The first-order chi connectivity index (χ1) is 4.79. The van der Waals surface area contributed by atoms with Crippen LogP contribution in [0.3, 0.4) is 0 Å². The summed E-state index contributed by atoms with van der Waals surface area (Å²) < 4.78 is 0. The van der Waals surface area contributed by atoms with Gasteiger partial charge >= 0.3 is 0 Å². The third-order valence-electron chi connectivity index (χ3n) is 1.79. The van der Waals surface area contributed by atoms with Crippen LogP contribution < -0.4 is 5.32 Å². The first kappa shape index (κ1) is 7.80. The summed E-state index contributed by atoms with van der Waals surface area (Å²) in [5.74, 6) is 0. The van der Waals surface area contributed by atoms with Crippen molar-refractivity contribution in [3.8, 4) is 0 Å². The van der Waals surface area contributed by atoms with Crippen LogP contribution in [-0.4, -0.2) is 12.6 Å². The Morgan fingerprint density at radius 3 is 2.80 bits per heavy atom. The molecule has 0 atom stereocenters. The van der Waals surface area contributed by atoms with E-state index in [-0.39, 0.29) is 0 Å². The summed E-state index contributed by atoms with van der Waals surface area (Å²) in [6.07, 6.45) is 5.23. The van der Waals surface area contributed by atoms with Crippen LogP contribution in [0, 0.1) is 0 Å². The SMILES string of the molecule is C=C(C)CCCNC1CC1. The molecule has 1 saturated carbocycles. The van der Waals surface area contributed by atoms with Crippen molar-refractivity contribution in [2.45, 2.75) is 38.6 Å². The first-order valence-corrected chi connectivity index (χ1v) is 4.17. The zero-order valence-corrected chi connectivity index (χ0v) is 6.82. The largest absolute Gasteiger partial charge is 0.314 e. The predicted octanol–water partition coefficient (Wildman–Crippen LogP) is 2.09. The molecule has 1 heteroatoms. The second kappa shape index (κ2) is 3.77. The number of hydrogen-bond acceptors (Lipinski definition) is 1. The molecule has 1 N–H and O–H groups in total. The summed E-state index contributed by atoms with van der Waals surface area (Å²) in [7, 11) is 0. The number of allylic oxidation sites excluding steroid dienone is 1. The summed E-state index contributed by atoms with van der Waals surface area (Å²) in [6, 6.07) is 0.866. The lowest BCUT2D eigenvalue weighted by molar-refractivity contribution is 0.644. The van der Waals surface area contributed by atoms with Crippen LogP contribution in [0.4, 0.5) is 0 Å². The minimum Gasteiger partial charge on any atom is -0.314 e. The van der Waals surface area contributed by atoms with E-state index in [0.29, 0.717) is 0 Å². The van der Waals surface area contributed by atoms with Crippen molar-refractivity contribution in [3.05, 3.63) is 12.2 Å². The summed E-state index contributed by atoms with van der Waals surface area (Å²) in [5, 5.41) is 3.47. The molecule has 1 nitrogen and oxygen atoms in total. The molecule has 1 fully saturated rings. The fourth-order valence-corrected chi connectivity index (χ4v) is 0.984. The van der Waals surface area contributed by atoms with Crippen LogP contribution in [0.5, 0.6) is 0 Å². The Kier molecular flexibility index (Phi) is 2.94. The van der Waals surface area contributed by atoms with E-state index in [1.807, 2.05) is 0 Å². The Labute approximate surface area is 63.5 Å². The van der Waals surface area contributed by atoms with Crippen molar-refractivity contribution in [2.24, 2.45) is 0 Å². The number of hydrogen-bond donors (Lipinski definition) is 1. The highest BCUT2D eigenvalue weighted by Gasteiger charge is 2.19. The standard InChI is InChI=1S/C9H17N/c1-8(2)4-3-7-10-9-5-6-9/h9-10H,1,3-7H2,2H3. The molecule has 1 aliphatic carbocycles. The van der Waals surface area contributed by atoms with Gasteiger partial charge in [0.05, 0.1) is 0 Å². The van der Waals surface area contributed by atoms with E-state index < -0.39 is 0 Å². The number of rotatable bonds is 5. The summed E-state index contributed by atoms with van der Waals surface area (Å²) in [6.45, 7) is 7.13. The van der Waals surface area contributed by atoms with Crippen molar-refractivity contribution in [1.82, 2.24) is 5.32 Å². The molecule has 0 spiro atoms. The van der Waals surface area contributed by atoms with Crippen LogP contribution in [-0.2, 0) is 0 Å². The minimum atomic E-state index is 0.866. The highest BCUT2D eigenvalue weighted by Crippen LogP contribution is 2.18. The topological polar surface area (TPSA) is 12.0 Å². The summed E-state index contributed by atoms with van der Waals surface area (Å²) >= 11 is 0. The Morgan fingerprint density at radius 1 is 1.60 bits per heavy atom. The zero-order chi connectivity index (χ0) is 7.40. The molecule has 0 amide bonds. The smallest absolute Gasteiger partial charge is 0.00682 e. The molecule has 0 saturated heterocycles. The summed E-state index contributed by atoms with van der Waals surface area (Å²) in [4.78, 5) is 0. The van der Waals surface area contributed by atoms with Crippen LogP contribution in [0.25, 0.3) is 0 Å². The summed E-state index contributed by atoms with van der Waals surface area (Å²) in [5.41, 5.74) is 1.30. The third kappa shape index (κ3) is 3.67. The van der Waals surface area contributed by atoms with Gasteiger partial charge < -0.3 is 5.32 Å². The molecule has 10 heavy (non-hydrogen) atoms. The molecule has 58 valence electrons. The van der Waals surface area contributed by atoms with Gasteiger partial charge in [0.15, 0.2) is 0 Å².